The summed E-state index contributed by atoms with van der Waals surface area (Å²) in [6.07, 6.45) is 45.1. The second kappa shape index (κ2) is 41.6. The lowest BCUT2D eigenvalue weighted by atomic mass is 10.0. The summed E-state index contributed by atoms with van der Waals surface area (Å²) in [4.78, 5) is 33.6. The smallest absolute Gasteiger partial charge is 0.472 e. The molecule has 0 rings (SSSR count). The van der Waals surface area contributed by atoms with E-state index >= 15 is 0 Å². The molecular formula is C45H86NO9P. The van der Waals surface area contributed by atoms with Crippen molar-refractivity contribution < 1.29 is 42.7 Å². The Hall–Kier alpha value is -1.55. The summed E-state index contributed by atoms with van der Waals surface area (Å²) in [7, 11) is -4.62. The molecule has 3 atom stereocenters. The molecule has 0 aliphatic heterocycles. The molecule has 0 aromatic heterocycles. The molecular weight excluding hydrogens is 729 g/mol. The van der Waals surface area contributed by atoms with E-state index in [4.69, 9.17) is 29.4 Å². The molecule has 0 saturated heterocycles. The van der Waals surface area contributed by atoms with Crippen LogP contribution in [0.15, 0.2) is 24.3 Å². The lowest BCUT2D eigenvalue weighted by molar-refractivity contribution is -0.154. The zero-order valence-electron chi connectivity index (χ0n) is 36.0. The number of allylic oxidation sites excluding steroid dienone is 4. The Labute approximate surface area is 343 Å². The number of rotatable bonds is 44. The maximum absolute atomic E-state index is 12.6. The Morgan fingerprint density at radius 2 is 0.982 bits per heavy atom. The van der Waals surface area contributed by atoms with Crippen LogP contribution in [0.4, 0.5) is 0 Å². The van der Waals surface area contributed by atoms with E-state index in [2.05, 4.69) is 38.2 Å². The van der Waals surface area contributed by atoms with Crippen molar-refractivity contribution in [1.29, 1.82) is 0 Å². The lowest BCUT2D eigenvalue weighted by Gasteiger charge is -2.20. The zero-order chi connectivity index (χ0) is 41.2. The van der Waals surface area contributed by atoms with Crippen molar-refractivity contribution in [2.75, 3.05) is 26.4 Å². The highest BCUT2D eigenvalue weighted by molar-refractivity contribution is 7.47. The molecule has 0 bridgehead atoms. The van der Waals surface area contributed by atoms with Gasteiger partial charge in [0.2, 0.25) is 0 Å². The summed E-state index contributed by atoms with van der Waals surface area (Å²) >= 11 is 0. The predicted octanol–water partition coefficient (Wildman–Crippen LogP) is 12.7. The predicted molar refractivity (Wildman–Crippen MR) is 231 cm³/mol. The maximum atomic E-state index is 12.6. The fraction of sp³-hybridized carbons (Fsp3) is 0.867. The van der Waals surface area contributed by atoms with E-state index in [0.717, 1.165) is 57.8 Å². The van der Waals surface area contributed by atoms with E-state index < -0.39 is 45.1 Å². The molecule has 56 heavy (non-hydrogen) atoms. The van der Waals surface area contributed by atoms with Gasteiger partial charge in [-0.1, -0.05) is 186 Å². The molecule has 10 nitrogen and oxygen atoms in total. The van der Waals surface area contributed by atoms with Crippen LogP contribution in [0, 0.1) is 0 Å². The zero-order valence-corrected chi connectivity index (χ0v) is 36.9. The number of carbonyl (C=O) groups is 2. The second-order valence-corrected chi connectivity index (χ2v) is 17.0. The third-order valence-electron chi connectivity index (χ3n) is 9.98. The molecule has 4 N–H and O–H groups in total. The number of carbonyl (C=O) groups excluding carboxylic acids is 1. The minimum absolute atomic E-state index is 0.0155. The van der Waals surface area contributed by atoms with Crippen molar-refractivity contribution in [2.45, 2.75) is 225 Å². The normalized spacial score (nSPS) is 14.1. The number of aliphatic carboxylic acids is 1. The van der Waals surface area contributed by atoms with Crippen LogP contribution in [0.5, 0.6) is 0 Å². The number of hydrogen-bond acceptors (Lipinski definition) is 8. The molecule has 0 spiro atoms. The van der Waals surface area contributed by atoms with E-state index in [0.29, 0.717) is 13.0 Å². The molecule has 11 heteroatoms. The number of nitrogens with two attached hydrogens (primary N) is 1. The largest absolute Gasteiger partial charge is 0.480 e. The van der Waals surface area contributed by atoms with Crippen molar-refractivity contribution in [3.05, 3.63) is 24.3 Å². The van der Waals surface area contributed by atoms with Gasteiger partial charge in [0.1, 0.15) is 12.1 Å². The summed E-state index contributed by atoms with van der Waals surface area (Å²) in [5.41, 5.74) is 5.36. The van der Waals surface area contributed by atoms with Crippen LogP contribution in [0.3, 0.4) is 0 Å². The van der Waals surface area contributed by atoms with Gasteiger partial charge >= 0.3 is 19.8 Å². The van der Waals surface area contributed by atoms with Gasteiger partial charge in [-0.3, -0.25) is 18.6 Å². The molecule has 330 valence electrons. The van der Waals surface area contributed by atoms with Crippen molar-refractivity contribution in [3.63, 3.8) is 0 Å². The van der Waals surface area contributed by atoms with E-state index in [1.54, 1.807) is 0 Å². The van der Waals surface area contributed by atoms with Gasteiger partial charge in [-0.15, -0.1) is 0 Å². The van der Waals surface area contributed by atoms with Gasteiger partial charge in [-0.25, -0.2) is 4.57 Å². The molecule has 3 unspecified atom stereocenters. The van der Waals surface area contributed by atoms with E-state index in [-0.39, 0.29) is 13.0 Å². The monoisotopic (exact) mass is 816 g/mol. The van der Waals surface area contributed by atoms with Gasteiger partial charge in [0.15, 0.2) is 0 Å². The molecule has 0 aromatic carbocycles. The maximum Gasteiger partial charge on any atom is 0.472 e. The molecule has 0 aliphatic carbocycles. The fourth-order valence-corrected chi connectivity index (χ4v) is 7.18. The van der Waals surface area contributed by atoms with Crippen LogP contribution >= 0.6 is 7.82 Å². The summed E-state index contributed by atoms with van der Waals surface area (Å²) in [6.45, 7) is 3.88. The topological polar surface area (TPSA) is 155 Å². The molecule has 0 saturated carbocycles. The highest BCUT2D eigenvalue weighted by Gasteiger charge is 2.27. The van der Waals surface area contributed by atoms with E-state index in [9.17, 15) is 19.0 Å². The average Bonchev–Trinajstić information content (AvgIpc) is 3.18. The number of hydrogen-bond donors (Lipinski definition) is 3. The standard InChI is InChI=1S/C45H86NO9P/c1-3-5-7-9-11-13-15-17-19-21-22-24-26-28-30-32-34-36-38-52-39-42(40-53-56(50,51)54-41-43(46)45(48)49)55-44(47)37-35-33-31-29-27-25-23-20-18-16-14-12-10-8-6-4-2/h14,16,20,23,42-43H,3-13,15,17-19,21-22,24-41,46H2,1-2H3,(H,48,49)(H,50,51)/b16-14-,23-20-. The Morgan fingerprint density at radius 3 is 1.46 bits per heavy atom. The van der Waals surface area contributed by atoms with Gasteiger partial charge in [0.25, 0.3) is 0 Å². The SMILES string of the molecule is CCCCCC/C=C\C/C=C\CCCCCCCC(=O)OC(COCCCCCCCCCCCCCCCCCCCC)COP(=O)(O)OCC(N)C(=O)O. The number of ether oxygens (including phenoxy) is 2. The molecule has 0 aliphatic rings. The summed E-state index contributed by atoms with van der Waals surface area (Å²) in [5, 5.41) is 8.90. The first-order chi connectivity index (χ1) is 27.2. The van der Waals surface area contributed by atoms with Gasteiger partial charge in [0.05, 0.1) is 19.8 Å². The summed E-state index contributed by atoms with van der Waals surface area (Å²) in [5.74, 6) is -1.79. The third kappa shape index (κ3) is 40.6. The summed E-state index contributed by atoms with van der Waals surface area (Å²) < 4.78 is 33.4. The first-order valence-corrected chi connectivity index (χ1v) is 24.4. The molecule has 0 aromatic rings. The second-order valence-electron chi connectivity index (χ2n) is 15.5. The number of carboxylic acid groups (broad SMARTS) is 1. The first-order valence-electron chi connectivity index (χ1n) is 22.9. The Morgan fingerprint density at radius 1 is 0.571 bits per heavy atom. The number of phosphoric ester groups is 1. The lowest BCUT2D eigenvalue weighted by Crippen LogP contribution is -2.34. The number of unbranched alkanes of at least 4 members (excludes halogenated alkanes) is 26. The van der Waals surface area contributed by atoms with Crippen molar-refractivity contribution >= 4 is 19.8 Å². The Balaban J connectivity index is 4.20. The van der Waals surface area contributed by atoms with Gasteiger partial charge in [-0.05, 0) is 44.9 Å². The molecule has 0 radical (unpaired) electrons. The van der Waals surface area contributed by atoms with Crippen molar-refractivity contribution in [3.8, 4) is 0 Å². The first kappa shape index (κ1) is 54.5. The third-order valence-corrected chi connectivity index (χ3v) is 10.9. The van der Waals surface area contributed by atoms with Crippen LogP contribution in [-0.4, -0.2) is 60.5 Å². The number of phosphoric acid groups is 1. The minimum atomic E-state index is -4.62. The quantitative estimate of drug-likeness (QED) is 0.0234. The highest BCUT2D eigenvalue weighted by Crippen LogP contribution is 2.43. The van der Waals surface area contributed by atoms with Crippen molar-refractivity contribution in [2.24, 2.45) is 5.73 Å². The highest BCUT2D eigenvalue weighted by atomic mass is 31.2. The molecule has 0 fully saturated rings. The Bertz CT molecular complexity index is 993. The van der Waals surface area contributed by atoms with Crippen molar-refractivity contribution in [1.82, 2.24) is 0 Å². The van der Waals surface area contributed by atoms with Gasteiger partial charge in [0, 0.05) is 13.0 Å². The minimum Gasteiger partial charge on any atom is -0.480 e. The number of esters is 1. The summed E-state index contributed by atoms with van der Waals surface area (Å²) in [6, 6.07) is -1.47. The van der Waals surface area contributed by atoms with Gasteiger partial charge in [-0.2, -0.15) is 0 Å². The van der Waals surface area contributed by atoms with Crippen LogP contribution in [-0.2, 0) is 32.7 Å². The van der Waals surface area contributed by atoms with E-state index in [1.807, 2.05) is 0 Å². The molecule has 0 amide bonds. The number of carboxylic acids is 1. The average molecular weight is 816 g/mol. The van der Waals surface area contributed by atoms with Crippen LogP contribution < -0.4 is 5.73 Å². The fourth-order valence-electron chi connectivity index (χ4n) is 6.40. The molecule has 0 heterocycles. The van der Waals surface area contributed by atoms with Crippen LogP contribution in [0.2, 0.25) is 0 Å². The van der Waals surface area contributed by atoms with Crippen LogP contribution in [0.1, 0.15) is 213 Å². The van der Waals surface area contributed by atoms with Gasteiger partial charge < -0.3 is 25.2 Å². The van der Waals surface area contributed by atoms with Crippen LogP contribution in [0.25, 0.3) is 0 Å². The van der Waals surface area contributed by atoms with E-state index in [1.165, 1.54) is 128 Å². The Kier molecular flexibility index (Phi) is 40.5.